The molecule has 7 heteroatoms. The van der Waals surface area contributed by atoms with Gasteiger partial charge in [0.15, 0.2) is 11.7 Å². The molecule has 1 aliphatic heterocycles. The molecule has 24 heavy (non-hydrogen) atoms. The molecule has 0 N–H and O–H groups in total. The molecule has 1 heterocycles. The minimum absolute atomic E-state index is 0.0659. The van der Waals surface area contributed by atoms with Crippen molar-refractivity contribution in [2.75, 3.05) is 7.11 Å². The molecular weight excluding hydrogens is 358 g/mol. The second kappa shape index (κ2) is 6.42. The Labute approximate surface area is 147 Å². The fourth-order valence-corrected chi connectivity index (χ4v) is 2.92. The summed E-state index contributed by atoms with van der Waals surface area (Å²) in [7, 11) is 1.18. The normalized spacial score (nSPS) is 19.4. The fraction of sp³-hybridized carbons (Fsp3) is 0.176. The van der Waals surface area contributed by atoms with Crippen molar-refractivity contribution in [3.05, 3.63) is 63.4 Å². The SMILES string of the molecule is COC(=O)C1C(=O)c2ccc(F)cc2OC1c1ccc(Cl)c(Cl)c1. The van der Waals surface area contributed by atoms with Crippen molar-refractivity contribution in [1.29, 1.82) is 0 Å². The summed E-state index contributed by atoms with van der Waals surface area (Å²) in [4.78, 5) is 24.8. The van der Waals surface area contributed by atoms with Gasteiger partial charge in [0.1, 0.15) is 17.7 Å². The lowest BCUT2D eigenvalue weighted by atomic mass is 9.85. The Morgan fingerprint density at radius 3 is 2.58 bits per heavy atom. The summed E-state index contributed by atoms with van der Waals surface area (Å²) in [6.45, 7) is 0. The highest BCUT2D eigenvalue weighted by Crippen LogP contribution is 2.40. The van der Waals surface area contributed by atoms with E-state index in [2.05, 4.69) is 0 Å². The minimum Gasteiger partial charge on any atom is -0.483 e. The number of hydrogen-bond acceptors (Lipinski definition) is 4. The first-order valence-electron chi connectivity index (χ1n) is 6.95. The molecule has 124 valence electrons. The molecule has 2 unspecified atom stereocenters. The van der Waals surface area contributed by atoms with E-state index in [9.17, 15) is 14.0 Å². The highest BCUT2D eigenvalue weighted by atomic mass is 35.5. The van der Waals surface area contributed by atoms with Gasteiger partial charge in [-0.25, -0.2) is 4.39 Å². The van der Waals surface area contributed by atoms with Crippen LogP contribution in [0.15, 0.2) is 36.4 Å². The molecule has 0 bridgehead atoms. The molecule has 2 atom stereocenters. The lowest BCUT2D eigenvalue weighted by molar-refractivity contribution is -0.146. The number of hydrogen-bond donors (Lipinski definition) is 0. The van der Waals surface area contributed by atoms with Gasteiger partial charge in [0.25, 0.3) is 0 Å². The predicted octanol–water partition coefficient (Wildman–Crippen LogP) is 4.24. The van der Waals surface area contributed by atoms with E-state index in [-0.39, 0.29) is 16.3 Å². The van der Waals surface area contributed by atoms with Crippen LogP contribution < -0.4 is 4.74 Å². The number of Topliss-reactive ketones (excluding diaryl/α,β-unsaturated/α-hetero) is 1. The Kier molecular flexibility index (Phi) is 4.47. The molecule has 0 saturated carbocycles. The summed E-state index contributed by atoms with van der Waals surface area (Å²) in [5.41, 5.74) is 0.589. The quantitative estimate of drug-likeness (QED) is 0.587. The highest BCUT2D eigenvalue weighted by molar-refractivity contribution is 6.42. The van der Waals surface area contributed by atoms with Crippen molar-refractivity contribution in [3.63, 3.8) is 0 Å². The van der Waals surface area contributed by atoms with Crippen molar-refractivity contribution >= 4 is 35.0 Å². The van der Waals surface area contributed by atoms with Crippen LogP contribution in [0.4, 0.5) is 4.39 Å². The van der Waals surface area contributed by atoms with Crippen LogP contribution in [0.25, 0.3) is 0 Å². The van der Waals surface area contributed by atoms with Crippen molar-refractivity contribution < 1.29 is 23.5 Å². The largest absolute Gasteiger partial charge is 0.483 e. The van der Waals surface area contributed by atoms with Crippen molar-refractivity contribution in [1.82, 2.24) is 0 Å². The topological polar surface area (TPSA) is 52.6 Å². The van der Waals surface area contributed by atoms with E-state index in [0.717, 1.165) is 12.1 Å². The van der Waals surface area contributed by atoms with Crippen molar-refractivity contribution in [3.8, 4) is 5.75 Å². The molecule has 0 aromatic heterocycles. The van der Waals surface area contributed by atoms with Gasteiger partial charge in [-0.15, -0.1) is 0 Å². The Morgan fingerprint density at radius 2 is 1.92 bits per heavy atom. The molecular formula is C17H11Cl2FO4. The molecule has 4 nitrogen and oxygen atoms in total. The maximum absolute atomic E-state index is 13.5. The number of rotatable bonds is 2. The van der Waals surface area contributed by atoms with Gasteiger partial charge in [-0.1, -0.05) is 29.3 Å². The molecule has 0 fully saturated rings. The fourth-order valence-electron chi connectivity index (χ4n) is 2.61. The number of fused-ring (bicyclic) bond motifs is 1. The molecule has 0 aliphatic carbocycles. The number of halogens is 3. The summed E-state index contributed by atoms with van der Waals surface area (Å²) >= 11 is 11.9. The molecule has 2 aromatic rings. The Morgan fingerprint density at radius 1 is 1.17 bits per heavy atom. The molecule has 3 rings (SSSR count). The Bertz CT molecular complexity index is 837. The van der Waals surface area contributed by atoms with E-state index in [0.29, 0.717) is 10.6 Å². The molecule has 0 saturated heterocycles. The summed E-state index contributed by atoms with van der Waals surface area (Å²) in [6, 6.07) is 8.14. The van der Waals surface area contributed by atoms with Gasteiger partial charge in [0.05, 0.1) is 22.7 Å². The van der Waals surface area contributed by atoms with Crippen molar-refractivity contribution in [2.45, 2.75) is 6.10 Å². The zero-order valence-corrected chi connectivity index (χ0v) is 13.9. The van der Waals surface area contributed by atoms with Crippen molar-refractivity contribution in [2.24, 2.45) is 5.92 Å². The van der Waals surface area contributed by atoms with Gasteiger partial charge in [-0.3, -0.25) is 9.59 Å². The third kappa shape index (κ3) is 2.85. The average Bonchev–Trinajstić information content (AvgIpc) is 2.56. The first-order valence-corrected chi connectivity index (χ1v) is 7.71. The lowest BCUT2D eigenvalue weighted by Crippen LogP contribution is -2.37. The summed E-state index contributed by atoms with van der Waals surface area (Å²) in [6.07, 6.45) is -0.992. The predicted molar refractivity (Wildman–Crippen MR) is 86.1 cm³/mol. The summed E-state index contributed by atoms with van der Waals surface area (Å²) < 4.78 is 23.9. The van der Waals surface area contributed by atoms with E-state index in [4.69, 9.17) is 32.7 Å². The first-order chi connectivity index (χ1) is 11.4. The van der Waals surface area contributed by atoms with Crippen LogP contribution in [-0.4, -0.2) is 18.9 Å². The lowest BCUT2D eigenvalue weighted by Gasteiger charge is -2.31. The van der Waals surface area contributed by atoms with Crippen LogP contribution in [0, 0.1) is 11.7 Å². The number of esters is 1. The maximum Gasteiger partial charge on any atom is 0.320 e. The van der Waals surface area contributed by atoms with Gasteiger partial charge in [-0.2, -0.15) is 0 Å². The molecule has 1 aliphatic rings. The average molecular weight is 369 g/mol. The zero-order chi connectivity index (χ0) is 17.4. The third-order valence-electron chi connectivity index (χ3n) is 3.78. The molecule has 0 radical (unpaired) electrons. The highest BCUT2D eigenvalue weighted by Gasteiger charge is 2.44. The van der Waals surface area contributed by atoms with Crippen LogP contribution in [0.5, 0.6) is 5.75 Å². The summed E-state index contributed by atoms with van der Waals surface area (Å²) in [5.74, 6) is -2.95. The molecule has 0 amide bonds. The van der Waals surface area contributed by atoms with Gasteiger partial charge < -0.3 is 9.47 Å². The Balaban J connectivity index is 2.12. The number of carbonyl (C=O) groups is 2. The van der Waals surface area contributed by atoms with Crippen LogP contribution in [0.2, 0.25) is 10.0 Å². The zero-order valence-electron chi connectivity index (χ0n) is 12.4. The maximum atomic E-state index is 13.5. The number of methoxy groups -OCH3 is 1. The molecule has 2 aromatic carbocycles. The van der Waals surface area contributed by atoms with Gasteiger partial charge in [0.2, 0.25) is 0 Å². The van der Waals surface area contributed by atoms with Crippen LogP contribution >= 0.6 is 23.2 Å². The van der Waals surface area contributed by atoms with Crippen LogP contribution in [-0.2, 0) is 9.53 Å². The smallest absolute Gasteiger partial charge is 0.320 e. The first kappa shape index (κ1) is 16.7. The number of ketones is 1. The van der Waals surface area contributed by atoms with Crippen LogP contribution in [0.3, 0.4) is 0 Å². The van der Waals surface area contributed by atoms with E-state index < -0.39 is 29.6 Å². The van der Waals surface area contributed by atoms with Gasteiger partial charge in [-0.05, 0) is 29.8 Å². The van der Waals surface area contributed by atoms with E-state index >= 15 is 0 Å². The van der Waals surface area contributed by atoms with Gasteiger partial charge in [0, 0.05) is 6.07 Å². The summed E-state index contributed by atoms with van der Waals surface area (Å²) in [5, 5.41) is 0.572. The standard InChI is InChI=1S/C17H11Cl2FO4/c1-23-17(22)14-15(21)10-4-3-9(20)7-13(10)24-16(14)8-2-5-11(18)12(19)6-8/h2-7,14,16H,1H3. The van der Waals surface area contributed by atoms with E-state index in [1.54, 1.807) is 6.07 Å². The molecule has 0 spiro atoms. The number of ether oxygens (including phenoxy) is 2. The minimum atomic E-state index is -1.22. The third-order valence-corrected chi connectivity index (χ3v) is 4.51. The number of carbonyl (C=O) groups excluding carboxylic acids is 2. The second-order valence-electron chi connectivity index (χ2n) is 5.22. The monoisotopic (exact) mass is 368 g/mol. The Hall–Kier alpha value is -2.11. The van der Waals surface area contributed by atoms with E-state index in [1.165, 1.54) is 25.3 Å². The van der Waals surface area contributed by atoms with Gasteiger partial charge >= 0.3 is 5.97 Å². The van der Waals surface area contributed by atoms with Crippen LogP contribution in [0.1, 0.15) is 22.0 Å². The second-order valence-corrected chi connectivity index (χ2v) is 6.03. The van der Waals surface area contributed by atoms with E-state index in [1.807, 2.05) is 0 Å². The number of benzene rings is 2.